The van der Waals surface area contributed by atoms with Crippen molar-refractivity contribution < 1.29 is 28.6 Å². The van der Waals surface area contributed by atoms with Crippen LogP contribution in [0.2, 0.25) is 0 Å². The van der Waals surface area contributed by atoms with Crippen molar-refractivity contribution in [3.8, 4) is 0 Å². The minimum Gasteiger partial charge on any atom is -0.362 e. The third-order valence-electron chi connectivity index (χ3n) is 6.12. The van der Waals surface area contributed by atoms with E-state index in [4.69, 9.17) is 14.2 Å². The van der Waals surface area contributed by atoms with E-state index >= 15 is 0 Å². The van der Waals surface area contributed by atoms with Gasteiger partial charge in [0.1, 0.15) is 18.5 Å². The van der Waals surface area contributed by atoms with Crippen LogP contribution in [-0.4, -0.2) is 49.1 Å². The second-order valence-corrected chi connectivity index (χ2v) is 7.91. The zero-order valence-corrected chi connectivity index (χ0v) is 15.2. The van der Waals surface area contributed by atoms with Crippen LogP contribution in [0.4, 0.5) is 0 Å². The summed E-state index contributed by atoms with van der Waals surface area (Å²) in [6, 6.07) is 0. The molecule has 0 radical (unpaired) electrons. The number of Topliss-reactive ketones (excluding diaryl/α,β-unsaturated/α-hetero) is 3. The second kappa shape index (κ2) is 7.25. The van der Waals surface area contributed by atoms with Crippen molar-refractivity contribution in [2.45, 2.75) is 70.7 Å². The first-order valence-corrected chi connectivity index (χ1v) is 9.31. The molecule has 140 valence electrons. The molecule has 1 unspecified atom stereocenters. The zero-order valence-electron chi connectivity index (χ0n) is 15.2. The van der Waals surface area contributed by atoms with E-state index in [0.29, 0.717) is 58.2 Å². The molecular formula is C19H28O6. The maximum atomic E-state index is 12.2. The number of carbonyl (C=O) groups excluding carboxylic acids is 3. The Balaban J connectivity index is 1.46. The molecule has 3 atom stereocenters. The van der Waals surface area contributed by atoms with Crippen LogP contribution in [0.25, 0.3) is 0 Å². The van der Waals surface area contributed by atoms with Crippen LogP contribution in [0.5, 0.6) is 0 Å². The molecule has 1 heterocycles. The first-order chi connectivity index (χ1) is 11.8. The molecule has 6 heteroatoms. The van der Waals surface area contributed by atoms with Gasteiger partial charge < -0.3 is 14.2 Å². The third-order valence-corrected chi connectivity index (χ3v) is 6.12. The molecule has 1 saturated heterocycles. The van der Waals surface area contributed by atoms with Gasteiger partial charge in [0.15, 0.2) is 17.4 Å². The van der Waals surface area contributed by atoms with E-state index in [1.54, 1.807) is 0 Å². The van der Waals surface area contributed by atoms with Crippen LogP contribution >= 0.6 is 0 Å². The number of ketones is 3. The normalized spacial score (nSPS) is 34.3. The predicted molar refractivity (Wildman–Crippen MR) is 89.0 cm³/mol. The molecule has 0 aromatic heterocycles. The van der Waals surface area contributed by atoms with Crippen molar-refractivity contribution >= 4 is 17.3 Å². The van der Waals surface area contributed by atoms with Crippen LogP contribution in [0, 0.1) is 11.3 Å². The van der Waals surface area contributed by atoms with Crippen molar-refractivity contribution in [1.82, 2.24) is 0 Å². The molecule has 0 amide bonds. The number of hydrogen-bond acceptors (Lipinski definition) is 6. The summed E-state index contributed by atoms with van der Waals surface area (Å²) in [6.07, 6.45) is 3.28. The lowest BCUT2D eigenvalue weighted by Crippen LogP contribution is -2.47. The predicted octanol–water partition coefficient (Wildman–Crippen LogP) is 2.22. The van der Waals surface area contributed by atoms with Gasteiger partial charge in [-0.25, -0.2) is 0 Å². The average molecular weight is 352 g/mol. The molecule has 0 N–H and O–H groups in total. The fraction of sp³-hybridized carbons (Fsp3) is 0.842. The van der Waals surface area contributed by atoms with Gasteiger partial charge in [-0.1, -0.05) is 6.92 Å². The van der Waals surface area contributed by atoms with E-state index in [0.717, 1.165) is 0 Å². The molecule has 0 aromatic rings. The highest BCUT2D eigenvalue weighted by Gasteiger charge is 2.54. The van der Waals surface area contributed by atoms with Gasteiger partial charge in [0.05, 0.1) is 13.2 Å². The Hall–Kier alpha value is -1.11. The van der Waals surface area contributed by atoms with Gasteiger partial charge in [0.2, 0.25) is 0 Å². The molecule has 3 aliphatic rings. The number of rotatable bonds is 7. The van der Waals surface area contributed by atoms with Crippen molar-refractivity contribution in [3.05, 3.63) is 0 Å². The quantitative estimate of drug-likeness (QED) is 0.699. The Labute approximate surface area is 148 Å². The lowest BCUT2D eigenvalue weighted by molar-refractivity contribution is -0.151. The Kier molecular flexibility index (Phi) is 5.42. The third kappa shape index (κ3) is 3.86. The molecule has 0 bridgehead atoms. The van der Waals surface area contributed by atoms with Crippen molar-refractivity contribution in [1.29, 1.82) is 0 Å². The topological polar surface area (TPSA) is 78.9 Å². The summed E-state index contributed by atoms with van der Waals surface area (Å²) < 4.78 is 16.8. The number of hydrogen-bond donors (Lipinski definition) is 0. The van der Waals surface area contributed by atoms with Gasteiger partial charge in [-0.3, -0.25) is 14.4 Å². The van der Waals surface area contributed by atoms with Gasteiger partial charge in [0, 0.05) is 37.0 Å². The summed E-state index contributed by atoms with van der Waals surface area (Å²) in [5.74, 6) is -0.411. The van der Waals surface area contributed by atoms with Gasteiger partial charge in [-0.05, 0) is 26.2 Å². The summed E-state index contributed by atoms with van der Waals surface area (Å²) in [5, 5.41) is 0. The molecule has 0 aromatic carbocycles. The lowest BCUT2D eigenvalue weighted by atomic mass is 9.67. The van der Waals surface area contributed by atoms with Gasteiger partial charge in [-0.2, -0.15) is 0 Å². The molecule has 3 fully saturated rings. The fourth-order valence-corrected chi connectivity index (χ4v) is 4.43. The van der Waals surface area contributed by atoms with Crippen LogP contribution in [0.1, 0.15) is 58.8 Å². The molecule has 2 aliphatic carbocycles. The molecule has 0 spiro atoms. The van der Waals surface area contributed by atoms with E-state index in [9.17, 15) is 14.4 Å². The number of fused-ring (bicyclic) bond motifs is 1. The van der Waals surface area contributed by atoms with Crippen LogP contribution < -0.4 is 0 Å². The summed E-state index contributed by atoms with van der Waals surface area (Å²) in [4.78, 5) is 36.5. The Bertz CT molecular complexity index is 550. The number of carbonyl (C=O) groups is 3. The maximum absolute atomic E-state index is 12.2. The van der Waals surface area contributed by atoms with Crippen molar-refractivity contribution in [3.63, 3.8) is 0 Å². The highest BCUT2D eigenvalue weighted by Crippen LogP contribution is 2.49. The Morgan fingerprint density at radius 1 is 1.20 bits per heavy atom. The lowest BCUT2D eigenvalue weighted by Gasteiger charge is -2.39. The van der Waals surface area contributed by atoms with Gasteiger partial charge >= 0.3 is 0 Å². The van der Waals surface area contributed by atoms with Crippen molar-refractivity contribution in [2.24, 2.45) is 11.3 Å². The largest absolute Gasteiger partial charge is 0.362 e. The summed E-state index contributed by atoms with van der Waals surface area (Å²) in [7, 11) is 0. The Morgan fingerprint density at radius 2 is 1.92 bits per heavy atom. The molecule has 3 rings (SSSR count). The minimum atomic E-state index is -0.604. The fourth-order valence-electron chi connectivity index (χ4n) is 4.43. The maximum Gasteiger partial charge on any atom is 0.165 e. The number of ether oxygens (including phenoxy) is 3. The first-order valence-electron chi connectivity index (χ1n) is 9.31. The second-order valence-electron chi connectivity index (χ2n) is 7.91. The molecular weight excluding hydrogens is 324 g/mol. The summed E-state index contributed by atoms with van der Waals surface area (Å²) >= 11 is 0. The SMILES string of the molecule is CC1(CCCC(=O)COC2C(=O)CC[C@]3(C)C(=O)CC[C@@H]23)OCCO1. The molecule has 2 saturated carbocycles. The molecule has 1 aliphatic heterocycles. The van der Waals surface area contributed by atoms with Crippen LogP contribution in [0.3, 0.4) is 0 Å². The summed E-state index contributed by atoms with van der Waals surface area (Å²) in [6.45, 7) is 4.96. The van der Waals surface area contributed by atoms with E-state index < -0.39 is 17.3 Å². The van der Waals surface area contributed by atoms with E-state index in [2.05, 4.69) is 0 Å². The first kappa shape index (κ1) is 18.7. The zero-order chi connectivity index (χ0) is 18.1. The molecule has 6 nitrogen and oxygen atoms in total. The van der Waals surface area contributed by atoms with E-state index in [1.165, 1.54) is 0 Å². The van der Waals surface area contributed by atoms with Crippen molar-refractivity contribution in [2.75, 3.05) is 19.8 Å². The smallest absolute Gasteiger partial charge is 0.165 e. The minimum absolute atomic E-state index is 0.0222. The highest BCUT2D eigenvalue weighted by atomic mass is 16.7. The van der Waals surface area contributed by atoms with E-state index in [-0.39, 0.29) is 29.9 Å². The monoisotopic (exact) mass is 352 g/mol. The Morgan fingerprint density at radius 3 is 2.64 bits per heavy atom. The van der Waals surface area contributed by atoms with Crippen LogP contribution in [-0.2, 0) is 28.6 Å². The average Bonchev–Trinajstić information content (AvgIpc) is 3.12. The van der Waals surface area contributed by atoms with Gasteiger partial charge in [0.25, 0.3) is 0 Å². The molecule has 25 heavy (non-hydrogen) atoms. The van der Waals surface area contributed by atoms with Gasteiger partial charge in [-0.15, -0.1) is 0 Å². The van der Waals surface area contributed by atoms with Crippen LogP contribution in [0.15, 0.2) is 0 Å². The standard InChI is InChI=1S/C19H28O6/c1-18-9-7-15(21)17(14(18)5-6-16(18)22)23-12-13(20)4-3-8-19(2)24-10-11-25-19/h14,17H,3-12H2,1-2H3/t14-,17?,18-/m0/s1. The summed E-state index contributed by atoms with van der Waals surface area (Å²) in [5.41, 5.74) is -0.451. The van der Waals surface area contributed by atoms with E-state index in [1.807, 2.05) is 13.8 Å². The highest BCUT2D eigenvalue weighted by molar-refractivity contribution is 5.93.